The predicted octanol–water partition coefficient (Wildman–Crippen LogP) is 3.02. The normalized spacial score (nSPS) is 18.8. The number of carbonyl (C=O) groups excluding carboxylic acids is 2. The highest BCUT2D eigenvalue weighted by atomic mass is 127. The molecule has 1 aromatic carbocycles. The van der Waals surface area contributed by atoms with Gasteiger partial charge < -0.3 is 16.4 Å². The summed E-state index contributed by atoms with van der Waals surface area (Å²) >= 11 is 0. The van der Waals surface area contributed by atoms with Gasteiger partial charge in [0.05, 0.1) is 13.1 Å². The molecule has 2 aliphatic rings. The first-order chi connectivity index (χ1) is 12.4. The van der Waals surface area contributed by atoms with E-state index >= 15 is 0 Å². The monoisotopic (exact) mass is 485 g/mol. The Labute approximate surface area is 177 Å². The summed E-state index contributed by atoms with van der Waals surface area (Å²) in [5.41, 5.74) is 7.36. The van der Waals surface area contributed by atoms with E-state index in [2.05, 4.69) is 35.5 Å². The number of nitrogens with zero attached hydrogens (tertiary/aromatic N) is 2. The van der Waals surface area contributed by atoms with Crippen LogP contribution in [0, 0.1) is 0 Å². The molecule has 0 unspecified atom stereocenters. The lowest BCUT2D eigenvalue weighted by Crippen LogP contribution is -2.44. The van der Waals surface area contributed by atoms with Crippen LogP contribution in [-0.4, -0.2) is 41.4 Å². The van der Waals surface area contributed by atoms with E-state index in [0.717, 1.165) is 31.4 Å². The molecule has 1 saturated carbocycles. The average molecular weight is 485 g/mol. The Morgan fingerprint density at radius 2 is 2.04 bits per heavy atom. The van der Waals surface area contributed by atoms with E-state index in [1.807, 2.05) is 18.2 Å². The molecule has 148 valence electrons. The number of rotatable bonds is 5. The Bertz CT molecular complexity index is 729. The van der Waals surface area contributed by atoms with Gasteiger partial charge in [0.1, 0.15) is 5.54 Å². The van der Waals surface area contributed by atoms with Crippen LogP contribution in [0.1, 0.15) is 51.0 Å². The number of hydrogen-bond acceptors (Lipinski definition) is 3. The minimum atomic E-state index is -0.665. The van der Waals surface area contributed by atoms with Crippen molar-refractivity contribution in [3.63, 3.8) is 0 Å². The first-order valence-corrected chi connectivity index (χ1v) is 9.22. The smallest absolute Gasteiger partial charge is 0.325 e. The zero-order chi connectivity index (χ0) is 18.7. The van der Waals surface area contributed by atoms with Crippen LogP contribution in [0.4, 0.5) is 10.5 Å². The first kappa shape index (κ1) is 21.5. The number of anilines is 1. The molecule has 1 saturated heterocycles. The number of aliphatic imine (C=N–C) groups is 1. The minimum absolute atomic E-state index is 0. The Morgan fingerprint density at radius 1 is 1.33 bits per heavy atom. The molecule has 4 N–H and O–H groups in total. The Morgan fingerprint density at radius 3 is 2.70 bits per heavy atom. The molecule has 1 aliphatic heterocycles. The van der Waals surface area contributed by atoms with E-state index in [1.165, 1.54) is 10.5 Å². The number of carbonyl (C=O) groups is 2. The van der Waals surface area contributed by atoms with Crippen molar-refractivity contribution < 1.29 is 9.59 Å². The van der Waals surface area contributed by atoms with E-state index < -0.39 is 5.54 Å². The van der Waals surface area contributed by atoms with Gasteiger partial charge in [0.2, 0.25) is 0 Å². The molecular weight excluding hydrogens is 457 g/mol. The largest absolute Gasteiger partial charge is 0.370 e. The highest BCUT2D eigenvalue weighted by molar-refractivity contribution is 14.0. The number of nitrogens with one attached hydrogen (secondary N) is 2. The number of guanidine groups is 1. The molecule has 1 aliphatic carbocycles. The van der Waals surface area contributed by atoms with Crippen LogP contribution in [0.5, 0.6) is 0 Å². The van der Waals surface area contributed by atoms with Gasteiger partial charge in [-0.2, -0.15) is 0 Å². The second-order valence-corrected chi connectivity index (χ2v) is 7.35. The molecule has 0 bridgehead atoms. The van der Waals surface area contributed by atoms with E-state index in [1.54, 1.807) is 0 Å². The van der Waals surface area contributed by atoms with Gasteiger partial charge in [-0.3, -0.25) is 14.7 Å². The topological polar surface area (TPSA) is 99.8 Å². The first-order valence-electron chi connectivity index (χ1n) is 9.22. The van der Waals surface area contributed by atoms with E-state index in [9.17, 15) is 9.59 Å². The number of benzene rings is 1. The summed E-state index contributed by atoms with van der Waals surface area (Å²) in [6.07, 6.45) is 3.41. The highest BCUT2D eigenvalue weighted by Gasteiger charge is 2.52. The third-order valence-electron chi connectivity index (χ3n) is 5.13. The molecule has 27 heavy (non-hydrogen) atoms. The molecule has 0 aromatic heterocycles. The van der Waals surface area contributed by atoms with Crippen molar-refractivity contribution >= 4 is 47.6 Å². The van der Waals surface area contributed by atoms with E-state index in [0.29, 0.717) is 5.92 Å². The quantitative estimate of drug-likeness (QED) is 0.259. The number of amides is 3. The number of imide groups is 1. The van der Waals surface area contributed by atoms with Crippen LogP contribution in [0.3, 0.4) is 0 Å². The molecule has 3 rings (SSSR count). The van der Waals surface area contributed by atoms with Gasteiger partial charge in [-0.05, 0) is 36.5 Å². The number of urea groups is 1. The summed E-state index contributed by atoms with van der Waals surface area (Å²) < 4.78 is 0. The zero-order valence-corrected chi connectivity index (χ0v) is 18.2. The summed E-state index contributed by atoms with van der Waals surface area (Å²) in [6.45, 7) is 4.77. The lowest BCUT2D eigenvalue weighted by atomic mass is 9.98. The standard InChI is InChI=1S/C19H27N5O2.HI/c1-13(2)14-6-5-7-15(12-14)22-17(20)21-10-11-24-16(25)19(23-18(24)26)8-3-4-9-19;/h5-7,12-13H,3-4,8-11H2,1-2H3,(H,23,26)(H3,20,21,22);1H. The molecule has 1 aromatic rings. The average Bonchev–Trinajstić information content (AvgIpc) is 3.15. The van der Waals surface area contributed by atoms with Gasteiger partial charge in [0.25, 0.3) is 5.91 Å². The lowest BCUT2D eigenvalue weighted by Gasteiger charge is -2.19. The number of halogens is 1. The third-order valence-corrected chi connectivity index (χ3v) is 5.13. The summed E-state index contributed by atoms with van der Waals surface area (Å²) in [6, 6.07) is 7.69. The maximum Gasteiger partial charge on any atom is 0.325 e. The van der Waals surface area contributed by atoms with Gasteiger partial charge in [-0.15, -0.1) is 24.0 Å². The SMILES string of the molecule is CC(C)c1cccc(NC(N)=NCCN2C(=O)NC3(CCCC3)C2=O)c1.I. The summed E-state index contributed by atoms with van der Waals surface area (Å²) in [4.78, 5) is 30.2. The molecule has 1 heterocycles. The van der Waals surface area contributed by atoms with Gasteiger partial charge in [-0.1, -0.05) is 38.8 Å². The van der Waals surface area contributed by atoms with E-state index in [-0.39, 0.29) is 55.0 Å². The fourth-order valence-corrected chi connectivity index (χ4v) is 3.63. The Kier molecular flexibility index (Phi) is 7.07. The van der Waals surface area contributed by atoms with Crippen LogP contribution in [0.15, 0.2) is 29.3 Å². The van der Waals surface area contributed by atoms with Crippen molar-refractivity contribution in [3.05, 3.63) is 29.8 Å². The second-order valence-electron chi connectivity index (χ2n) is 7.35. The molecule has 1 spiro atoms. The zero-order valence-electron chi connectivity index (χ0n) is 15.8. The van der Waals surface area contributed by atoms with Crippen LogP contribution in [0.2, 0.25) is 0 Å². The van der Waals surface area contributed by atoms with Crippen molar-refractivity contribution in [3.8, 4) is 0 Å². The fraction of sp³-hybridized carbons (Fsp3) is 0.526. The Hall–Kier alpha value is -1.84. The van der Waals surface area contributed by atoms with Crippen molar-refractivity contribution in [1.82, 2.24) is 10.2 Å². The van der Waals surface area contributed by atoms with Crippen molar-refractivity contribution in [1.29, 1.82) is 0 Å². The second kappa shape index (κ2) is 8.90. The summed E-state index contributed by atoms with van der Waals surface area (Å²) in [7, 11) is 0. The fourth-order valence-electron chi connectivity index (χ4n) is 3.63. The maximum absolute atomic E-state index is 12.6. The molecule has 8 heteroatoms. The summed E-state index contributed by atoms with van der Waals surface area (Å²) in [5.74, 6) is 0.581. The van der Waals surface area contributed by atoms with Crippen LogP contribution < -0.4 is 16.4 Å². The van der Waals surface area contributed by atoms with Crippen molar-refractivity contribution in [2.45, 2.75) is 51.0 Å². The predicted molar refractivity (Wildman–Crippen MR) is 118 cm³/mol. The third kappa shape index (κ3) is 4.72. The number of nitrogens with two attached hydrogens (primary N) is 1. The Balaban J connectivity index is 0.00000261. The molecular formula is C19H28IN5O2. The molecule has 0 radical (unpaired) electrons. The van der Waals surface area contributed by atoms with Crippen molar-refractivity contribution in [2.24, 2.45) is 10.7 Å². The van der Waals surface area contributed by atoms with Crippen LogP contribution in [-0.2, 0) is 4.79 Å². The van der Waals surface area contributed by atoms with Crippen LogP contribution in [0.25, 0.3) is 0 Å². The van der Waals surface area contributed by atoms with Crippen LogP contribution >= 0.6 is 24.0 Å². The van der Waals surface area contributed by atoms with Gasteiger partial charge in [-0.25, -0.2) is 4.79 Å². The molecule has 7 nitrogen and oxygen atoms in total. The number of hydrogen-bond donors (Lipinski definition) is 3. The lowest BCUT2D eigenvalue weighted by molar-refractivity contribution is -0.131. The van der Waals surface area contributed by atoms with E-state index in [4.69, 9.17) is 5.73 Å². The molecule has 3 amide bonds. The summed E-state index contributed by atoms with van der Waals surface area (Å²) in [5, 5.41) is 5.92. The van der Waals surface area contributed by atoms with Gasteiger partial charge in [0.15, 0.2) is 5.96 Å². The van der Waals surface area contributed by atoms with Gasteiger partial charge in [0, 0.05) is 5.69 Å². The minimum Gasteiger partial charge on any atom is -0.370 e. The van der Waals surface area contributed by atoms with Crippen molar-refractivity contribution in [2.75, 3.05) is 18.4 Å². The molecule has 2 fully saturated rings. The van der Waals surface area contributed by atoms with Gasteiger partial charge >= 0.3 is 6.03 Å². The maximum atomic E-state index is 12.6. The molecule has 0 atom stereocenters. The highest BCUT2D eigenvalue weighted by Crippen LogP contribution is 2.34.